The molecule has 1 aliphatic carbocycles. The Labute approximate surface area is 127 Å². The Morgan fingerprint density at radius 1 is 1.19 bits per heavy atom. The molecule has 2 aliphatic rings. The predicted octanol–water partition coefficient (Wildman–Crippen LogP) is 3.30. The molecule has 3 atom stereocenters. The van der Waals surface area contributed by atoms with E-state index in [2.05, 4.69) is 6.92 Å². The number of nitrogens with zero attached hydrogens (tertiary/aromatic N) is 1. The molecule has 0 aromatic carbocycles. The first kappa shape index (κ1) is 16.3. The maximum Gasteiger partial charge on any atom is 0.308 e. The molecule has 120 valence electrons. The second-order valence-electron chi connectivity index (χ2n) is 6.85. The van der Waals surface area contributed by atoms with Crippen molar-refractivity contribution in [2.45, 2.75) is 71.3 Å². The average Bonchev–Trinajstić information content (AvgIpc) is 2.97. The standard InChI is InChI=1S/C17H29NO3/c1-3-14(11-13-7-4-5-8-13)16(19)18-10-6-9-15(12(18)2)17(20)21/h12-15H,3-11H2,1-2H3,(H,20,21)/t12-,14?,15-/m0/s1. The fourth-order valence-corrected chi connectivity index (χ4v) is 4.11. The number of amides is 1. The first-order valence-corrected chi connectivity index (χ1v) is 8.57. The second-order valence-corrected chi connectivity index (χ2v) is 6.85. The van der Waals surface area contributed by atoms with Gasteiger partial charge < -0.3 is 10.0 Å². The van der Waals surface area contributed by atoms with Crippen LogP contribution in [0, 0.1) is 17.8 Å². The Bertz CT molecular complexity index is 376. The van der Waals surface area contributed by atoms with E-state index in [0.717, 1.165) is 25.8 Å². The number of carboxylic acids is 1. The molecule has 0 aromatic heterocycles. The minimum Gasteiger partial charge on any atom is -0.481 e. The monoisotopic (exact) mass is 295 g/mol. The zero-order valence-corrected chi connectivity index (χ0v) is 13.4. The number of carbonyl (C=O) groups is 2. The van der Waals surface area contributed by atoms with E-state index in [9.17, 15) is 14.7 Å². The van der Waals surface area contributed by atoms with Gasteiger partial charge in [-0.25, -0.2) is 0 Å². The molecule has 0 aromatic rings. The Morgan fingerprint density at radius 3 is 2.43 bits per heavy atom. The van der Waals surface area contributed by atoms with E-state index in [1.165, 1.54) is 25.7 Å². The summed E-state index contributed by atoms with van der Waals surface area (Å²) in [5, 5.41) is 9.30. The summed E-state index contributed by atoms with van der Waals surface area (Å²) in [6.45, 7) is 4.71. The third-order valence-electron chi connectivity index (χ3n) is 5.52. The van der Waals surface area contributed by atoms with Crippen LogP contribution in [0.1, 0.15) is 65.2 Å². The van der Waals surface area contributed by atoms with Gasteiger partial charge in [0.05, 0.1) is 5.92 Å². The lowest BCUT2D eigenvalue weighted by molar-refractivity contribution is -0.150. The first-order valence-electron chi connectivity index (χ1n) is 8.57. The molecule has 2 rings (SSSR count). The largest absolute Gasteiger partial charge is 0.481 e. The van der Waals surface area contributed by atoms with E-state index < -0.39 is 11.9 Å². The normalized spacial score (nSPS) is 28.6. The van der Waals surface area contributed by atoms with Gasteiger partial charge in [-0.2, -0.15) is 0 Å². The molecule has 1 saturated carbocycles. The number of piperidine rings is 1. The summed E-state index contributed by atoms with van der Waals surface area (Å²) in [6.07, 6.45) is 8.50. The number of rotatable bonds is 5. The second kappa shape index (κ2) is 7.28. The molecule has 1 aliphatic heterocycles. The molecule has 1 heterocycles. The van der Waals surface area contributed by atoms with Crippen LogP contribution in [-0.4, -0.2) is 34.5 Å². The van der Waals surface area contributed by atoms with Gasteiger partial charge in [0.25, 0.3) is 0 Å². The minimum atomic E-state index is -0.760. The van der Waals surface area contributed by atoms with Crippen molar-refractivity contribution in [2.75, 3.05) is 6.54 Å². The predicted molar refractivity (Wildman–Crippen MR) is 81.9 cm³/mol. The van der Waals surface area contributed by atoms with Crippen LogP contribution in [-0.2, 0) is 9.59 Å². The van der Waals surface area contributed by atoms with Crippen molar-refractivity contribution in [3.05, 3.63) is 0 Å². The highest BCUT2D eigenvalue weighted by Crippen LogP contribution is 2.33. The molecule has 1 unspecified atom stereocenters. The van der Waals surface area contributed by atoms with Gasteiger partial charge in [-0.05, 0) is 38.5 Å². The molecule has 1 saturated heterocycles. The number of hydrogen-bond donors (Lipinski definition) is 1. The summed E-state index contributed by atoms with van der Waals surface area (Å²) >= 11 is 0. The summed E-state index contributed by atoms with van der Waals surface area (Å²) in [6, 6.07) is -0.165. The van der Waals surface area contributed by atoms with E-state index in [0.29, 0.717) is 12.3 Å². The lowest BCUT2D eigenvalue weighted by atomic mass is 9.86. The molecule has 0 radical (unpaired) electrons. The number of likely N-dealkylation sites (tertiary alicyclic amines) is 1. The fraction of sp³-hybridized carbons (Fsp3) is 0.882. The van der Waals surface area contributed by atoms with Crippen molar-refractivity contribution in [1.29, 1.82) is 0 Å². The zero-order valence-electron chi connectivity index (χ0n) is 13.4. The molecule has 4 nitrogen and oxygen atoms in total. The van der Waals surface area contributed by atoms with Gasteiger partial charge in [0.1, 0.15) is 0 Å². The highest BCUT2D eigenvalue weighted by Gasteiger charge is 2.37. The van der Waals surface area contributed by atoms with E-state index in [4.69, 9.17) is 0 Å². The lowest BCUT2D eigenvalue weighted by Gasteiger charge is -2.39. The number of aliphatic carboxylic acids is 1. The third-order valence-corrected chi connectivity index (χ3v) is 5.52. The molecule has 21 heavy (non-hydrogen) atoms. The molecule has 2 fully saturated rings. The summed E-state index contributed by atoms with van der Waals surface area (Å²) in [5.41, 5.74) is 0. The highest BCUT2D eigenvalue weighted by molar-refractivity contribution is 5.80. The van der Waals surface area contributed by atoms with Gasteiger partial charge in [0.2, 0.25) is 5.91 Å². The zero-order chi connectivity index (χ0) is 15.4. The molecule has 0 spiro atoms. The topological polar surface area (TPSA) is 57.6 Å². The van der Waals surface area contributed by atoms with Gasteiger partial charge in [0.15, 0.2) is 0 Å². The molecule has 1 amide bonds. The minimum absolute atomic E-state index is 0.0862. The Kier molecular flexibility index (Phi) is 5.65. The summed E-state index contributed by atoms with van der Waals surface area (Å²) < 4.78 is 0. The summed E-state index contributed by atoms with van der Waals surface area (Å²) in [5.74, 6) is -0.171. The SMILES string of the molecule is CCC(CC1CCCC1)C(=O)N1CCC[C@H](C(=O)O)[C@@H]1C. The van der Waals surface area contributed by atoms with Crippen LogP contribution >= 0.6 is 0 Å². The van der Waals surface area contributed by atoms with Crippen molar-refractivity contribution in [3.8, 4) is 0 Å². The Hall–Kier alpha value is -1.06. The number of hydrogen-bond acceptors (Lipinski definition) is 2. The fourth-order valence-electron chi connectivity index (χ4n) is 4.11. The third kappa shape index (κ3) is 3.78. The lowest BCUT2D eigenvalue weighted by Crippen LogP contribution is -2.51. The summed E-state index contributed by atoms with van der Waals surface area (Å²) in [4.78, 5) is 26.0. The Balaban J connectivity index is 2.00. The van der Waals surface area contributed by atoms with E-state index in [1.807, 2.05) is 11.8 Å². The molecule has 0 bridgehead atoms. The van der Waals surface area contributed by atoms with Gasteiger partial charge in [0, 0.05) is 18.5 Å². The quantitative estimate of drug-likeness (QED) is 0.846. The van der Waals surface area contributed by atoms with Crippen LogP contribution in [0.4, 0.5) is 0 Å². The smallest absolute Gasteiger partial charge is 0.308 e. The highest BCUT2D eigenvalue weighted by atomic mass is 16.4. The van der Waals surface area contributed by atoms with Crippen LogP contribution in [0.2, 0.25) is 0 Å². The van der Waals surface area contributed by atoms with Crippen LogP contribution in [0.5, 0.6) is 0 Å². The number of carbonyl (C=O) groups excluding carboxylic acids is 1. The van der Waals surface area contributed by atoms with Crippen LogP contribution in [0.15, 0.2) is 0 Å². The van der Waals surface area contributed by atoms with Gasteiger partial charge in [-0.1, -0.05) is 32.6 Å². The van der Waals surface area contributed by atoms with Crippen molar-refractivity contribution >= 4 is 11.9 Å². The van der Waals surface area contributed by atoms with Crippen molar-refractivity contribution in [3.63, 3.8) is 0 Å². The van der Waals surface area contributed by atoms with Crippen molar-refractivity contribution in [1.82, 2.24) is 4.90 Å². The molecule has 4 heteroatoms. The van der Waals surface area contributed by atoms with Crippen LogP contribution in [0.25, 0.3) is 0 Å². The van der Waals surface area contributed by atoms with Gasteiger partial charge >= 0.3 is 5.97 Å². The summed E-state index contributed by atoms with van der Waals surface area (Å²) in [7, 11) is 0. The Morgan fingerprint density at radius 2 is 1.86 bits per heavy atom. The van der Waals surface area contributed by atoms with Crippen molar-refractivity contribution < 1.29 is 14.7 Å². The molecular formula is C17H29NO3. The van der Waals surface area contributed by atoms with E-state index >= 15 is 0 Å². The van der Waals surface area contributed by atoms with Gasteiger partial charge in [-0.3, -0.25) is 9.59 Å². The molecule has 1 N–H and O–H groups in total. The van der Waals surface area contributed by atoms with Gasteiger partial charge in [-0.15, -0.1) is 0 Å². The maximum absolute atomic E-state index is 12.8. The first-order chi connectivity index (χ1) is 10.0. The van der Waals surface area contributed by atoms with Crippen LogP contribution in [0.3, 0.4) is 0 Å². The van der Waals surface area contributed by atoms with E-state index in [1.54, 1.807) is 0 Å². The maximum atomic E-state index is 12.8. The van der Waals surface area contributed by atoms with Crippen molar-refractivity contribution in [2.24, 2.45) is 17.8 Å². The average molecular weight is 295 g/mol. The van der Waals surface area contributed by atoms with E-state index in [-0.39, 0.29) is 17.9 Å². The molecular weight excluding hydrogens is 266 g/mol. The number of carboxylic acid groups (broad SMARTS) is 1. The van der Waals surface area contributed by atoms with Crippen LogP contribution < -0.4 is 0 Å².